The normalized spacial score (nSPS) is 10.0. The molecule has 22 heavy (non-hydrogen) atoms. The molecule has 0 aliphatic heterocycles. The van der Waals surface area contributed by atoms with Crippen LogP contribution in [0, 0.1) is 0 Å². The van der Waals surface area contributed by atoms with Gasteiger partial charge in [-0.15, -0.1) is 0 Å². The Hall–Kier alpha value is -2.89. The van der Waals surface area contributed by atoms with Gasteiger partial charge in [0.2, 0.25) is 0 Å². The lowest BCUT2D eigenvalue weighted by molar-refractivity contribution is 0.112. The number of nitrogens with two attached hydrogens (primary N) is 2. The summed E-state index contributed by atoms with van der Waals surface area (Å²) in [6, 6.07) is 10.0. The van der Waals surface area contributed by atoms with Crippen molar-refractivity contribution in [3.63, 3.8) is 0 Å². The molecule has 0 unspecified atom stereocenters. The molecule has 6 heteroatoms. The van der Waals surface area contributed by atoms with E-state index in [1.54, 1.807) is 43.5 Å². The van der Waals surface area contributed by atoms with Gasteiger partial charge in [-0.3, -0.25) is 4.79 Å². The van der Waals surface area contributed by atoms with Crippen molar-refractivity contribution in [2.24, 2.45) is 0 Å². The molecule has 0 saturated heterocycles. The SMILES string of the molecule is COc1ccc(N)c(OCCOc2cc(C=O)ccc2N)c1. The summed E-state index contributed by atoms with van der Waals surface area (Å²) in [4.78, 5) is 10.7. The molecule has 0 atom stereocenters. The number of hydrogen-bond acceptors (Lipinski definition) is 6. The first kappa shape index (κ1) is 15.5. The third-order valence-electron chi connectivity index (χ3n) is 2.99. The first-order chi connectivity index (χ1) is 10.6. The van der Waals surface area contributed by atoms with Crippen molar-refractivity contribution in [1.29, 1.82) is 0 Å². The van der Waals surface area contributed by atoms with Crippen LogP contribution in [0.5, 0.6) is 17.2 Å². The Kier molecular flexibility index (Phi) is 5.08. The number of benzene rings is 2. The molecule has 0 aliphatic rings. The second kappa shape index (κ2) is 7.21. The van der Waals surface area contributed by atoms with Crippen molar-refractivity contribution in [2.45, 2.75) is 0 Å². The molecule has 0 radical (unpaired) electrons. The van der Waals surface area contributed by atoms with Gasteiger partial charge in [0.25, 0.3) is 0 Å². The van der Waals surface area contributed by atoms with Gasteiger partial charge in [-0.05, 0) is 30.3 Å². The van der Waals surface area contributed by atoms with Gasteiger partial charge in [0.1, 0.15) is 36.7 Å². The highest BCUT2D eigenvalue weighted by atomic mass is 16.5. The van der Waals surface area contributed by atoms with Gasteiger partial charge < -0.3 is 25.7 Å². The van der Waals surface area contributed by atoms with E-state index in [0.717, 1.165) is 6.29 Å². The van der Waals surface area contributed by atoms with Crippen LogP contribution in [0.2, 0.25) is 0 Å². The first-order valence-electron chi connectivity index (χ1n) is 6.68. The van der Waals surface area contributed by atoms with Gasteiger partial charge in [0, 0.05) is 11.6 Å². The minimum atomic E-state index is 0.267. The highest BCUT2D eigenvalue weighted by Crippen LogP contribution is 2.27. The number of aldehydes is 1. The van der Waals surface area contributed by atoms with E-state index < -0.39 is 0 Å². The summed E-state index contributed by atoms with van der Waals surface area (Å²) < 4.78 is 16.2. The number of rotatable bonds is 7. The quantitative estimate of drug-likeness (QED) is 0.462. The van der Waals surface area contributed by atoms with Gasteiger partial charge in [0.15, 0.2) is 0 Å². The lowest BCUT2D eigenvalue weighted by Gasteiger charge is -2.12. The lowest BCUT2D eigenvalue weighted by Crippen LogP contribution is -2.11. The molecule has 6 nitrogen and oxygen atoms in total. The Balaban J connectivity index is 1.91. The molecule has 0 aromatic heterocycles. The van der Waals surface area contributed by atoms with Crippen molar-refractivity contribution in [1.82, 2.24) is 0 Å². The smallest absolute Gasteiger partial charge is 0.150 e. The minimum absolute atomic E-state index is 0.267. The highest BCUT2D eigenvalue weighted by molar-refractivity contribution is 5.77. The fourth-order valence-corrected chi connectivity index (χ4v) is 1.82. The van der Waals surface area contributed by atoms with E-state index in [9.17, 15) is 4.79 Å². The molecule has 2 aromatic carbocycles. The number of nitrogen functional groups attached to an aromatic ring is 2. The summed E-state index contributed by atoms with van der Waals surface area (Å²) in [7, 11) is 1.57. The van der Waals surface area contributed by atoms with Gasteiger partial charge >= 0.3 is 0 Å². The molecule has 116 valence electrons. The van der Waals surface area contributed by atoms with E-state index in [4.69, 9.17) is 25.7 Å². The van der Waals surface area contributed by atoms with Gasteiger partial charge in [-0.1, -0.05) is 0 Å². The van der Waals surface area contributed by atoms with Crippen LogP contribution >= 0.6 is 0 Å². The summed E-state index contributed by atoms with van der Waals surface area (Å²) in [6.45, 7) is 0.547. The Morgan fingerprint density at radius 3 is 2.14 bits per heavy atom. The zero-order valence-electron chi connectivity index (χ0n) is 12.2. The average Bonchev–Trinajstić information content (AvgIpc) is 2.54. The third-order valence-corrected chi connectivity index (χ3v) is 2.99. The van der Waals surface area contributed by atoms with Gasteiger partial charge in [-0.25, -0.2) is 0 Å². The second-order valence-corrected chi connectivity index (χ2v) is 4.52. The van der Waals surface area contributed by atoms with Crippen molar-refractivity contribution >= 4 is 17.7 Å². The van der Waals surface area contributed by atoms with Crippen molar-refractivity contribution < 1.29 is 19.0 Å². The fraction of sp³-hybridized carbons (Fsp3) is 0.188. The van der Waals surface area contributed by atoms with Crippen molar-refractivity contribution in [2.75, 3.05) is 31.8 Å². The predicted octanol–water partition coefficient (Wildman–Crippen LogP) is 2.13. The van der Waals surface area contributed by atoms with Gasteiger partial charge in [-0.2, -0.15) is 0 Å². The summed E-state index contributed by atoms with van der Waals surface area (Å²) in [5.74, 6) is 1.64. The molecule has 4 N–H and O–H groups in total. The summed E-state index contributed by atoms with van der Waals surface area (Å²) in [5.41, 5.74) is 13.1. The maximum Gasteiger partial charge on any atom is 0.150 e. The van der Waals surface area contributed by atoms with E-state index in [1.165, 1.54) is 0 Å². The standard InChI is InChI=1S/C16H18N2O4/c1-20-12-3-5-14(18)16(9-12)22-7-6-21-15-8-11(10-19)2-4-13(15)17/h2-5,8-10H,6-7,17-18H2,1H3. The van der Waals surface area contributed by atoms with Crippen LogP contribution in [0.25, 0.3) is 0 Å². The van der Waals surface area contributed by atoms with E-state index in [2.05, 4.69) is 0 Å². The number of carbonyl (C=O) groups excluding carboxylic acids is 1. The number of anilines is 2. The van der Waals surface area contributed by atoms with Crippen LogP contribution < -0.4 is 25.7 Å². The molecule has 2 rings (SSSR count). The van der Waals surface area contributed by atoms with E-state index >= 15 is 0 Å². The van der Waals surface area contributed by atoms with E-state index in [-0.39, 0.29) is 13.2 Å². The van der Waals surface area contributed by atoms with Crippen molar-refractivity contribution in [3.05, 3.63) is 42.0 Å². The van der Waals surface area contributed by atoms with Crippen LogP contribution in [0.1, 0.15) is 10.4 Å². The Morgan fingerprint density at radius 2 is 1.55 bits per heavy atom. The van der Waals surface area contributed by atoms with Gasteiger partial charge in [0.05, 0.1) is 18.5 Å². The predicted molar refractivity (Wildman–Crippen MR) is 84.6 cm³/mol. The molecule has 0 amide bonds. The molecule has 0 aliphatic carbocycles. The van der Waals surface area contributed by atoms with Crippen LogP contribution in [0.4, 0.5) is 11.4 Å². The molecule has 0 fully saturated rings. The maximum atomic E-state index is 10.7. The van der Waals surface area contributed by atoms with Crippen LogP contribution in [0.3, 0.4) is 0 Å². The minimum Gasteiger partial charge on any atom is -0.497 e. The van der Waals surface area contributed by atoms with E-state index in [1.807, 2.05) is 0 Å². The molecular formula is C16H18N2O4. The first-order valence-corrected chi connectivity index (χ1v) is 6.68. The topological polar surface area (TPSA) is 96.8 Å². The summed E-state index contributed by atoms with van der Waals surface area (Å²) in [5, 5.41) is 0. The van der Waals surface area contributed by atoms with Crippen LogP contribution in [-0.2, 0) is 0 Å². The molecule has 2 aromatic rings. The van der Waals surface area contributed by atoms with Crippen LogP contribution in [-0.4, -0.2) is 26.6 Å². The Bertz CT molecular complexity index is 659. The number of ether oxygens (including phenoxy) is 3. The second-order valence-electron chi connectivity index (χ2n) is 4.52. The Morgan fingerprint density at radius 1 is 0.955 bits per heavy atom. The third kappa shape index (κ3) is 3.82. The molecule has 0 bridgehead atoms. The van der Waals surface area contributed by atoms with Crippen molar-refractivity contribution in [3.8, 4) is 17.2 Å². The maximum absolute atomic E-state index is 10.7. The number of hydrogen-bond donors (Lipinski definition) is 2. The summed E-state index contributed by atoms with van der Waals surface area (Å²) in [6.07, 6.45) is 0.736. The lowest BCUT2D eigenvalue weighted by atomic mass is 10.2. The number of carbonyl (C=O) groups is 1. The molecular weight excluding hydrogens is 284 g/mol. The zero-order chi connectivity index (χ0) is 15.9. The highest BCUT2D eigenvalue weighted by Gasteiger charge is 2.05. The Labute approximate surface area is 128 Å². The molecule has 0 heterocycles. The van der Waals surface area contributed by atoms with Crippen LogP contribution in [0.15, 0.2) is 36.4 Å². The zero-order valence-corrected chi connectivity index (χ0v) is 12.2. The number of methoxy groups -OCH3 is 1. The van der Waals surface area contributed by atoms with E-state index in [0.29, 0.717) is 34.2 Å². The average molecular weight is 302 g/mol. The fourth-order valence-electron chi connectivity index (χ4n) is 1.82. The monoisotopic (exact) mass is 302 g/mol. The molecule has 0 spiro atoms. The molecule has 0 saturated carbocycles. The summed E-state index contributed by atoms with van der Waals surface area (Å²) >= 11 is 0. The largest absolute Gasteiger partial charge is 0.497 e.